The fraction of sp³-hybridized carbons (Fsp3) is 0.417. The van der Waals surface area contributed by atoms with Gasteiger partial charge in [-0.25, -0.2) is 0 Å². The van der Waals surface area contributed by atoms with Gasteiger partial charge in [0.2, 0.25) is 17.5 Å². The first-order valence-electron chi connectivity index (χ1n) is 5.94. The Morgan fingerprint density at radius 3 is 2.52 bits per heavy atom. The maximum Gasteiger partial charge on any atom is 0.239 e. The van der Waals surface area contributed by atoms with Gasteiger partial charge in [-0.15, -0.1) is 12.4 Å². The summed E-state index contributed by atoms with van der Waals surface area (Å²) in [6, 6.07) is -1.02. The molecule has 1 aliphatic rings. The summed E-state index contributed by atoms with van der Waals surface area (Å²) >= 11 is 0. The predicted octanol–water partition coefficient (Wildman–Crippen LogP) is -0.970. The van der Waals surface area contributed by atoms with Crippen molar-refractivity contribution in [2.45, 2.75) is 18.9 Å². The Kier molecular flexibility index (Phi) is 7.64. The van der Waals surface area contributed by atoms with Crippen molar-refractivity contribution in [1.29, 1.82) is 0 Å². The molecule has 0 saturated carbocycles. The van der Waals surface area contributed by atoms with E-state index in [1.54, 1.807) is 0 Å². The van der Waals surface area contributed by atoms with E-state index in [4.69, 9.17) is 10.8 Å². The fourth-order valence-corrected chi connectivity index (χ4v) is 1.59. The second kappa shape index (κ2) is 8.40. The van der Waals surface area contributed by atoms with E-state index in [1.165, 1.54) is 0 Å². The van der Waals surface area contributed by atoms with Crippen LogP contribution in [-0.4, -0.2) is 52.0 Å². The number of rotatable bonds is 6. The average Bonchev–Trinajstić information content (AvgIpc) is 2.43. The first-order valence-corrected chi connectivity index (χ1v) is 5.94. The molecule has 1 atom stereocenters. The van der Waals surface area contributed by atoms with E-state index in [-0.39, 0.29) is 37.4 Å². The standard InChI is InChI=1S/C12H16N2O6.ClH/c13-7(5-15)12(20)14-3-1-2-6-10(18)8(16)4-9(17)11(6)19;/h4,7,15-16,19H,1-3,5,13H2,(H,14,20);1H/t7-;/m0./s1. The summed E-state index contributed by atoms with van der Waals surface area (Å²) in [5.74, 6) is -3.58. The lowest BCUT2D eigenvalue weighted by Crippen LogP contribution is -2.43. The lowest BCUT2D eigenvalue weighted by atomic mass is 9.96. The molecular formula is C12H17ClN2O6. The normalized spacial score (nSPS) is 16.2. The van der Waals surface area contributed by atoms with Crippen LogP contribution in [0.15, 0.2) is 23.2 Å². The van der Waals surface area contributed by atoms with Gasteiger partial charge in [-0.2, -0.15) is 0 Å². The van der Waals surface area contributed by atoms with Crippen LogP contribution < -0.4 is 11.1 Å². The first kappa shape index (κ1) is 19.1. The second-order valence-corrected chi connectivity index (χ2v) is 4.23. The summed E-state index contributed by atoms with van der Waals surface area (Å²) in [6.07, 6.45) is 0.932. The van der Waals surface area contributed by atoms with E-state index in [9.17, 15) is 24.6 Å². The summed E-state index contributed by atoms with van der Waals surface area (Å²) in [6.45, 7) is -0.335. The van der Waals surface area contributed by atoms with Crippen LogP contribution in [0.25, 0.3) is 0 Å². The van der Waals surface area contributed by atoms with Crippen LogP contribution in [0.2, 0.25) is 0 Å². The highest BCUT2D eigenvalue weighted by Gasteiger charge is 2.27. The minimum absolute atomic E-state index is 0. The van der Waals surface area contributed by atoms with Crippen molar-refractivity contribution in [2.24, 2.45) is 5.73 Å². The molecule has 6 N–H and O–H groups in total. The van der Waals surface area contributed by atoms with Gasteiger partial charge < -0.3 is 26.4 Å². The van der Waals surface area contributed by atoms with Gasteiger partial charge in [0.15, 0.2) is 11.5 Å². The van der Waals surface area contributed by atoms with Crippen molar-refractivity contribution in [3.05, 3.63) is 23.2 Å². The van der Waals surface area contributed by atoms with E-state index >= 15 is 0 Å². The number of halogens is 1. The van der Waals surface area contributed by atoms with Crippen molar-refractivity contribution in [3.8, 4) is 0 Å². The molecule has 0 fully saturated rings. The molecule has 8 nitrogen and oxygen atoms in total. The van der Waals surface area contributed by atoms with Crippen LogP contribution in [-0.2, 0) is 14.4 Å². The molecule has 0 spiro atoms. The molecule has 118 valence electrons. The Balaban J connectivity index is 0.00000400. The number of aliphatic hydroxyl groups is 3. The first-order chi connectivity index (χ1) is 9.38. The van der Waals surface area contributed by atoms with Crippen LogP contribution in [0, 0.1) is 0 Å². The molecule has 0 saturated heterocycles. The topological polar surface area (TPSA) is 150 Å². The number of nitrogens with one attached hydrogen (secondary N) is 1. The summed E-state index contributed by atoms with van der Waals surface area (Å²) in [5.41, 5.74) is 5.09. The molecule has 0 heterocycles. The number of aliphatic hydroxyl groups excluding tert-OH is 3. The molecule has 9 heteroatoms. The highest BCUT2D eigenvalue weighted by atomic mass is 35.5. The Bertz CT molecular complexity index is 500. The number of carbonyl (C=O) groups excluding carboxylic acids is 3. The van der Waals surface area contributed by atoms with E-state index in [2.05, 4.69) is 5.32 Å². The number of allylic oxidation sites excluding steroid dienone is 2. The van der Waals surface area contributed by atoms with Gasteiger partial charge >= 0.3 is 0 Å². The smallest absolute Gasteiger partial charge is 0.239 e. The van der Waals surface area contributed by atoms with Crippen molar-refractivity contribution in [3.63, 3.8) is 0 Å². The molecular weight excluding hydrogens is 304 g/mol. The third-order valence-electron chi connectivity index (χ3n) is 2.73. The van der Waals surface area contributed by atoms with E-state index in [0.717, 1.165) is 0 Å². The molecule has 21 heavy (non-hydrogen) atoms. The lowest BCUT2D eigenvalue weighted by molar-refractivity contribution is -0.123. The Morgan fingerprint density at radius 1 is 1.33 bits per heavy atom. The minimum Gasteiger partial charge on any atom is -0.504 e. The molecule has 0 aromatic heterocycles. The summed E-state index contributed by atoms with van der Waals surface area (Å²) < 4.78 is 0. The van der Waals surface area contributed by atoms with E-state index in [1.807, 2.05) is 0 Å². The van der Waals surface area contributed by atoms with Crippen molar-refractivity contribution < 1.29 is 29.7 Å². The maximum absolute atomic E-state index is 11.5. The van der Waals surface area contributed by atoms with Crippen LogP contribution in [0.4, 0.5) is 0 Å². The second-order valence-electron chi connectivity index (χ2n) is 4.23. The van der Waals surface area contributed by atoms with Gasteiger partial charge in [-0.3, -0.25) is 14.4 Å². The molecule has 0 aliphatic heterocycles. The quantitative estimate of drug-likeness (QED) is 0.312. The third kappa shape index (κ3) is 4.85. The number of hydrogen-bond acceptors (Lipinski definition) is 7. The lowest BCUT2D eigenvalue weighted by Gasteiger charge is -2.13. The van der Waals surface area contributed by atoms with Gasteiger partial charge in [0.05, 0.1) is 6.61 Å². The Hall–Kier alpha value is -1.90. The van der Waals surface area contributed by atoms with Crippen LogP contribution in [0.3, 0.4) is 0 Å². The van der Waals surface area contributed by atoms with Crippen molar-refractivity contribution >= 4 is 29.9 Å². The molecule has 0 unspecified atom stereocenters. The van der Waals surface area contributed by atoms with E-state index in [0.29, 0.717) is 6.08 Å². The molecule has 1 rings (SSSR count). The number of ketones is 2. The van der Waals surface area contributed by atoms with Crippen LogP contribution in [0.5, 0.6) is 0 Å². The van der Waals surface area contributed by atoms with Gasteiger partial charge in [0.1, 0.15) is 6.04 Å². The van der Waals surface area contributed by atoms with Gasteiger partial charge in [0, 0.05) is 18.2 Å². The summed E-state index contributed by atoms with van der Waals surface area (Å²) in [7, 11) is 0. The number of carbonyl (C=O) groups is 3. The van der Waals surface area contributed by atoms with Gasteiger partial charge in [-0.05, 0) is 12.8 Å². The van der Waals surface area contributed by atoms with Crippen molar-refractivity contribution in [1.82, 2.24) is 5.32 Å². The Labute approximate surface area is 126 Å². The zero-order chi connectivity index (χ0) is 15.3. The van der Waals surface area contributed by atoms with Crippen molar-refractivity contribution in [2.75, 3.05) is 13.2 Å². The number of nitrogens with two attached hydrogens (primary N) is 1. The average molecular weight is 321 g/mol. The third-order valence-corrected chi connectivity index (χ3v) is 2.73. The van der Waals surface area contributed by atoms with Crippen LogP contribution in [0.1, 0.15) is 12.8 Å². The minimum atomic E-state index is -1.02. The summed E-state index contributed by atoms with van der Waals surface area (Å²) in [4.78, 5) is 34.0. The molecule has 0 aromatic carbocycles. The number of Topliss-reactive ketones (excluding diaryl/α,β-unsaturated/α-hetero) is 1. The number of amides is 1. The highest BCUT2D eigenvalue weighted by molar-refractivity contribution is 6.20. The maximum atomic E-state index is 11.5. The zero-order valence-electron chi connectivity index (χ0n) is 11.0. The molecule has 1 aliphatic carbocycles. The Morgan fingerprint density at radius 2 is 1.95 bits per heavy atom. The largest absolute Gasteiger partial charge is 0.504 e. The number of hydrogen-bond donors (Lipinski definition) is 5. The highest BCUT2D eigenvalue weighted by Crippen LogP contribution is 2.20. The fourth-order valence-electron chi connectivity index (χ4n) is 1.59. The molecule has 0 aromatic rings. The molecule has 0 radical (unpaired) electrons. The van der Waals surface area contributed by atoms with E-state index < -0.39 is 41.6 Å². The van der Waals surface area contributed by atoms with Gasteiger partial charge in [0.25, 0.3) is 0 Å². The predicted molar refractivity (Wildman–Crippen MR) is 74.9 cm³/mol. The van der Waals surface area contributed by atoms with Crippen LogP contribution >= 0.6 is 12.4 Å². The molecule has 0 bridgehead atoms. The SMILES string of the molecule is Cl.N[C@@H](CO)C(=O)NCCCC1=C(O)C(=O)C=C(O)C1=O. The zero-order valence-corrected chi connectivity index (χ0v) is 11.9. The summed E-state index contributed by atoms with van der Waals surface area (Å²) in [5, 5.41) is 29.8. The monoisotopic (exact) mass is 320 g/mol. The van der Waals surface area contributed by atoms with Gasteiger partial charge in [-0.1, -0.05) is 0 Å². The molecule has 1 amide bonds.